The highest BCUT2D eigenvalue weighted by Crippen LogP contribution is 2.36. The van der Waals surface area contributed by atoms with Gasteiger partial charge in [0.25, 0.3) is 0 Å². The number of fused-ring (bicyclic) bond motifs is 1. The molecule has 0 radical (unpaired) electrons. The molecule has 2 aliphatic rings. The zero-order valence-corrected chi connectivity index (χ0v) is 19.8. The molecule has 2 aromatic carbocycles. The van der Waals surface area contributed by atoms with Crippen molar-refractivity contribution in [3.05, 3.63) is 59.4 Å². The van der Waals surface area contributed by atoms with E-state index in [4.69, 9.17) is 4.98 Å². The summed E-state index contributed by atoms with van der Waals surface area (Å²) in [5.74, 6) is 1.06. The molecule has 6 heteroatoms. The van der Waals surface area contributed by atoms with Gasteiger partial charge in [0.15, 0.2) is 0 Å². The molecule has 2 aliphatic heterocycles. The average Bonchev–Trinajstić information content (AvgIpc) is 3.35. The van der Waals surface area contributed by atoms with Crippen LogP contribution in [0.3, 0.4) is 0 Å². The molecule has 6 nitrogen and oxygen atoms in total. The average molecular weight is 445 g/mol. The van der Waals surface area contributed by atoms with Gasteiger partial charge in [0, 0.05) is 37.2 Å². The first kappa shape index (κ1) is 21.7. The Labute approximate surface area is 195 Å². The highest BCUT2D eigenvalue weighted by molar-refractivity contribution is 5.98. The quantitative estimate of drug-likeness (QED) is 0.592. The van der Waals surface area contributed by atoms with E-state index < -0.39 is 0 Å². The van der Waals surface area contributed by atoms with Gasteiger partial charge in [-0.1, -0.05) is 30.3 Å². The predicted octanol–water partition coefficient (Wildman–Crippen LogP) is 4.57. The van der Waals surface area contributed by atoms with E-state index >= 15 is 0 Å². The van der Waals surface area contributed by atoms with Crippen LogP contribution in [0, 0.1) is 13.8 Å². The maximum atomic E-state index is 13.3. The molecular formula is C27H32N4O2. The van der Waals surface area contributed by atoms with Crippen molar-refractivity contribution in [2.45, 2.75) is 65.0 Å². The van der Waals surface area contributed by atoms with Gasteiger partial charge in [-0.15, -0.1) is 0 Å². The van der Waals surface area contributed by atoms with Gasteiger partial charge in [0.2, 0.25) is 11.8 Å². The minimum absolute atomic E-state index is 0.0458. The molecule has 172 valence electrons. The molecule has 0 aliphatic carbocycles. The number of nitrogens with zero attached hydrogens (tertiary/aromatic N) is 4. The molecule has 2 amide bonds. The number of imidazole rings is 1. The normalized spacial score (nSPS) is 21.2. The summed E-state index contributed by atoms with van der Waals surface area (Å²) in [6.45, 7) is 7.93. The van der Waals surface area contributed by atoms with Crippen molar-refractivity contribution in [2.24, 2.45) is 0 Å². The largest absolute Gasteiger partial charge is 0.338 e. The second-order valence-electron chi connectivity index (χ2n) is 9.62. The Hall–Kier alpha value is -3.15. The number of carbonyl (C=O) groups excluding carboxylic acids is 2. The fourth-order valence-electron chi connectivity index (χ4n) is 5.59. The maximum absolute atomic E-state index is 13.3. The number of aryl methyl sites for hydroxylation is 2. The third kappa shape index (κ3) is 3.92. The van der Waals surface area contributed by atoms with Gasteiger partial charge < -0.3 is 14.4 Å². The van der Waals surface area contributed by atoms with E-state index in [1.165, 1.54) is 6.42 Å². The number of para-hydroxylation sites is 3. The summed E-state index contributed by atoms with van der Waals surface area (Å²) < 4.78 is 2.06. The summed E-state index contributed by atoms with van der Waals surface area (Å²) in [6, 6.07) is 14.4. The van der Waals surface area contributed by atoms with Crippen molar-refractivity contribution in [1.82, 2.24) is 14.5 Å². The Kier molecular flexibility index (Phi) is 5.69. The van der Waals surface area contributed by atoms with Crippen molar-refractivity contribution in [3.8, 4) is 0 Å². The molecule has 0 saturated carbocycles. The molecule has 3 aromatic rings. The van der Waals surface area contributed by atoms with Gasteiger partial charge >= 0.3 is 0 Å². The lowest BCUT2D eigenvalue weighted by Crippen LogP contribution is -2.43. The number of hydrogen-bond acceptors (Lipinski definition) is 3. The van der Waals surface area contributed by atoms with Crippen molar-refractivity contribution in [3.63, 3.8) is 0 Å². The minimum atomic E-state index is -0.0458. The highest BCUT2D eigenvalue weighted by atomic mass is 16.2. The Morgan fingerprint density at radius 2 is 1.82 bits per heavy atom. The summed E-state index contributed by atoms with van der Waals surface area (Å²) in [5.41, 5.74) is 5.05. The van der Waals surface area contributed by atoms with E-state index in [-0.39, 0.29) is 30.3 Å². The van der Waals surface area contributed by atoms with Gasteiger partial charge in [-0.25, -0.2) is 4.98 Å². The number of rotatable bonds is 4. The Balaban J connectivity index is 1.49. The van der Waals surface area contributed by atoms with Crippen molar-refractivity contribution in [2.75, 3.05) is 18.0 Å². The Morgan fingerprint density at radius 1 is 1.06 bits per heavy atom. The number of piperidine rings is 1. The van der Waals surface area contributed by atoms with Crippen LogP contribution in [0.25, 0.3) is 11.0 Å². The number of aromatic nitrogens is 2. The third-order valence-electron chi connectivity index (χ3n) is 7.30. The van der Waals surface area contributed by atoms with Crippen LogP contribution >= 0.6 is 0 Å². The number of benzene rings is 2. The van der Waals surface area contributed by atoms with Gasteiger partial charge in [-0.2, -0.15) is 0 Å². The SMILES string of the molecule is Cc1cccc(C)c1N1CC(c2nc3ccccc3n2CC(=O)N2CCCCC2C)CC1=O. The van der Waals surface area contributed by atoms with E-state index in [9.17, 15) is 9.59 Å². The molecule has 2 saturated heterocycles. The van der Waals surface area contributed by atoms with Crippen molar-refractivity contribution in [1.29, 1.82) is 0 Å². The second-order valence-corrected chi connectivity index (χ2v) is 9.62. The van der Waals surface area contributed by atoms with Gasteiger partial charge in [-0.05, 0) is 63.3 Å². The lowest BCUT2D eigenvalue weighted by molar-refractivity contribution is -0.135. The first-order chi connectivity index (χ1) is 15.9. The van der Waals surface area contributed by atoms with E-state index in [1.54, 1.807) is 0 Å². The predicted molar refractivity (Wildman–Crippen MR) is 130 cm³/mol. The number of likely N-dealkylation sites (tertiary alicyclic amines) is 1. The Morgan fingerprint density at radius 3 is 2.58 bits per heavy atom. The summed E-state index contributed by atoms with van der Waals surface area (Å²) in [5, 5.41) is 0. The van der Waals surface area contributed by atoms with E-state index in [1.807, 2.05) is 40.1 Å². The van der Waals surface area contributed by atoms with Crippen LogP contribution < -0.4 is 4.90 Å². The smallest absolute Gasteiger partial charge is 0.242 e. The van der Waals surface area contributed by atoms with Crippen LogP contribution in [-0.4, -0.2) is 45.4 Å². The summed E-state index contributed by atoms with van der Waals surface area (Å²) in [6.07, 6.45) is 3.72. The van der Waals surface area contributed by atoms with Crippen molar-refractivity contribution < 1.29 is 9.59 Å². The van der Waals surface area contributed by atoms with Crippen molar-refractivity contribution >= 4 is 28.5 Å². The molecular weight excluding hydrogens is 412 g/mol. The molecule has 0 spiro atoms. The van der Waals surface area contributed by atoms with E-state index in [2.05, 4.69) is 37.5 Å². The van der Waals surface area contributed by atoms with Crippen LogP contribution in [0.1, 0.15) is 55.5 Å². The van der Waals surface area contributed by atoms with Crippen LogP contribution in [0.15, 0.2) is 42.5 Å². The molecule has 0 N–H and O–H groups in total. The standard InChI is InChI=1S/C27H32N4O2/c1-18-9-8-10-19(2)26(18)31-16-21(15-24(31)32)27-28-22-12-4-5-13-23(22)30(27)17-25(33)29-14-7-6-11-20(29)3/h4-5,8-10,12-13,20-21H,6-7,11,14-17H2,1-3H3. The molecule has 2 atom stereocenters. The molecule has 2 fully saturated rings. The zero-order valence-electron chi connectivity index (χ0n) is 19.8. The van der Waals surface area contributed by atoms with Gasteiger partial charge in [-0.3, -0.25) is 9.59 Å². The molecule has 3 heterocycles. The molecule has 33 heavy (non-hydrogen) atoms. The lowest BCUT2D eigenvalue weighted by atomic mass is 10.0. The summed E-state index contributed by atoms with van der Waals surface area (Å²) >= 11 is 0. The molecule has 2 unspecified atom stereocenters. The van der Waals surface area contributed by atoms with Gasteiger partial charge in [0.05, 0.1) is 11.0 Å². The number of hydrogen-bond donors (Lipinski definition) is 0. The summed E-state index contributed by atoms with van der Waals surface area (Å²) in [4.78, 5) is 35.3. The Bertz CT molecular complexity index is 1190. The van der Waals surface area contributed by atoms with Gasteiger partial charge in [0.1, 0.15) is 12.4 Å². The molecule has 0 bridgehead atoms. The van der Waals surface area contributed by atoms with Crippen LogP contribution in [0.4, 0.5) is 5.69 Å². The topological polar surface area (TPSA) is 58.4 Å². The van der Waals surface area contributed by atoms with Crippen LogP contribution in [0.5, 0.6) is 0 Å². The first-order valence-electron chi connectivity index (χ1n) is 12.0. The van der Waals surface area contributed by atoms with Crippen LogP contribution in [-0.2, 0) is 16.1 Å². The monoisotopic (exact) mass is 444 g/mol. The first-order valence-corrected chi connectivity index (χ1v) is 12.0. The number of amides is 2. The zero-order chi connectivity index (χ0) is 23.1. The fraction of sp³-hybridized carbons (Fsp3) is 0.444. The van der Waals surface area contributed by atoms with E-state index in [0.29, 0.717) is 13.0 Å². The summed E-state index contributed by atoms with van der Waals surface area (Å²) in [7, 11) is 0. The molecule has 1 aromatic heterocycles. The fourth-order valence-corrected chi connectivity index (χ4v) is 5.59. The maximum Gasteiger partial charge on any atom is 0.242 e. The second kappa shape index (κ2) is 8.65. The third-order valence-corrected chi connectivity index (χ3v) is 7.30. The molecule has 5 rings (SSSR count). The minimum Gasteiger partial charge on any atom is -0.338 e. The van der Waals surface area contributed by atoms with E-state index in [0.717, 1.165) is 53.1 Å². The highest BCUT2D eigenvalue weighted by Gasteiger charge is 2.36. The lowest BCUT2D eigenvalue weighted by Gasteiger charge is -2.33. The number of carbonyl (C=O) groups is 2. The number of anilines is 1. The van der Waals surface area contributed by atoms with Crippen LogP contribution in [0.2, 0.25) is 0 Å².